The lowest BCUT2D eigenvalue weighted by molar-refractivity contribution is 0.102. The molecule has 0 saturated heterocycles. The lowest BCUT2D eigenvalue weighted by Crippen LogP contribution is -2.24. The van der Waals surface area contributed by atoms with Crippen LogP contribution in [0.4, 0.5) is 11.6 Å². The Morgan fingerprint density at radius 1 is 1.00 bits per heavy atom. The van der Waals surface area contributed by atoms with E-state index in [0.717, 1.165) is 74.2 Å². The largest absolute Gasteiger partial charge is 0.493 e. The number of para-hydroxylation sites is 1. The van der Waals surface area contributed by atoms with Crippen LogP contribution >= 0.6 is 0 Å². The second-order valence-corrected chi connectivity index (χ2v) is 9.63. The number of anilines is 2. The molecule has 1 heterocycles. The van der Waals surface area contributed by atoms with Crippen LogP contribution in [0.5, 0.6) is 17.4 Å². The first-order chi connectivity index (χ1) is 18.9. The van der Waals surface area contributed by atoms with Crippen molar-refractivity contribution in [1.82, 2.24) is 14.9 Å². The number of rotatable bonds is 15. The van der Waals surface area contributed by atoms with Crippen molar-refractivity contribution < 1.29 is 14.3 Å². The van der Waals surface area contributed by atoms with Crippen molar-refractivity contribution in [1.29, 1.82) is 0 Å². The second-order valence-electron chi connectivity index (χ2n) is 9.63. The van der Waals surface area contributed by atoms with Gasteiger partial charge < -0.3 is 25.0 Å². The van der Waals surface area contributed by atoms with E-state index in [4.69, 9.17) is 9.47 Å². The third kappa shape index (κ3) is 8.42. The summed E-state index contributed by atoms with van der Waals surface area (Å²) in [6.07, 6.45) is 5.55. The Morgan fingerprint density at radius 2 is 1.74 bits per heavy atom. The van der Waals surface area contributed by atoms with E-state index >= 15 is 0 Å². The van der Waals surface area contributed by atoms with Crippen molar-refractivity contribution in [2.45, 2.75) is 60.3 Å². The number of hydrogen-bond acceptors (Lipinski definition) is 7. The number of unbranched alkanes of at least 4 members (excludes halogenated alkanes) is 1. The van der Waals surface area contributed by atoms with Crippen molar-refractivity contribution in [3.63, 3.8) is 0 Å². The SMILES string of the molecule is CCCc1ccc(Oc2nc(NCCCCN(CC)CC)ncc2C(=O)Nc2c(C)cccc2C)c(OC)c1. The lowest BCUT2D eigenvalue weighted by atomic mass is 10.1. The zero-order chi connectivity index (χ0) is 28.2. The first-order valence-corrected chi connectivity index (χ1v) is 14.0. The maximum atomic E-state index is 13.4. The number of methoxy groups -OCH3 is 1. The van der Waals surface area contributed by atoms with E-state index in [0.29, 0.717) is 17.4 Å². The maximum absolute atomic E-state index is 13.4. The monoisotopic (exact) mass is 533 g/mol. The summed E-state index contributed by atoms with van der Waals surface area (Å²) in [5.41, 5.74) is 4.12. The third-order valence-electron chi connectivity index (χ3n) is 6.77. The van der Waals surface area contributed by atoms with Crippen LogP contribution in [0.1, 0.15) is 67.1 Å². The predicted octanol–water partition coefficient (Wildman–Crippen LogP) is 6.63. The molecular formula is C31H43N5O3. The standard InChI is InChI=1S/C31H43N5O3/c1-7-13-24-16-17-26(27(20-24)38-6)39-30-25(29(37)34-28-22(4)14-12-15-23(28)5)21-33-31(35-30)32-18-10-11-19-36(8-2)9-3/h12,14-17,20-21H,7-11,13,18-19H2,1-6H3,(H,34,37)(H,32,33,35). The molecule has 0 bridgehead atoms. The molecule has 0 radical (unpaired) electrons. The fourth-order valence-electron chi connectivity index (χ4n) is 4.42. The first kappa shape index (κ1) is 29.9. The van der Waals surface area contributed by atoms with E-state index in [1.54, 1.807) is 7.11 Å². The molecule has 0 atom stereocenters. The van der Waals surface area contributed by atoms with Crippen molar-refractivity contribution >= 4 is 17.5 Å². The average molecular weight is 534 g/mol. The van der Waals surface area contributed by atoms with Crippen LogP contribution in [0.3, 0.4) is 0 Å². The summed E-state index contributed by atoms with van der Waals surface area (Å²) in [6.45, 7) is 14.3. The molecule has 0 aliphatic heterocycles. The number of ether oxygens (including phenoxy) is 2. The Morgan fingerprint density at radius 3 is 2.41 bits per heavy atom. The molecule has 3 aromatic rings. The van der Waals surface area contributed by atoms with Gasteiger partial charge in [0.1, 0.15) is 5.56 Å². The molecule has 0 aliphatic rings. The van der Waals surface area contributed by atoms with Gasteiger partial charge in [-0.25, -0.2) is 4.98 Å². The lowest BCUT2D eigenvalue weighted by Gasteiger charge is -2.17. The summed E-state index contributed by atoms with van der Waals surface area (Å²) in [5.74, 6) is 1.32. The number of aryl methyl sites for hydroxylation is 3. The van der Waals surface area contributed by atoms with Gasteiger partial charge in [-0.15, -0.1) is 0 Å². The molecule has 1 aromatic heterocycles. The molecule has 2 aromatic carbocycles. The quantitative estimate of drug-likeness (QED) is 0.212. The minimum Gasteiger partial charge on any atom is -0.493 e. The Balaban J connectivity index is 1.84. The molecular weight excluding hydrogens is 490 g/mol. The summed E-state index contributed by atoms with van der Waals surface area (Å²) in [6, 6.07) is 11.7. The Hall–Kier alpha value is -3.65. The number of aromatic nitrogens is 2. The van der Waals surface area contributed by atoms with E-state index in [2.05, 4.69) is 46.3 Å². The fourth-order valence-corrected chi connectivity index (χ4v) is 4.42. The number of carbonyl (C=O) groups excluding carboxylic acids is 1. The van der Waals surface area contributed by atoms with Crippen LogP contribution in [-0.4, -0.2) is 54.1 Å². The molecule has 8 heteroatoms. The maximum Gasteiger partial charge on any atom is 0.262 e. The molecule has 0 spiro atoms. The smallest absolute Gasteiger partial charge is 0.262 e. The molecule has 0 unspecified atom stereocenters. The zero-order valence-electron chi connectivity index (χ0n) is 24.3. The highest BCUT2D eigenvalue weighted by Gasteiger charge is 2.20. The number of hydrogen-bond donors (Lipinski definition) is 2. The van der Waals surface area contributed by atoms with Crippen molar-refractivity contribution in [3.05, 3.63) is 64.8 Å². The molecule has 8 nitrogen and oxygen atoms in total. The highest BCUT2D eigenvalue weighted by molar-refractivity contribution is 6.06. The molecule has 3 rings (SSSR count). The first-order valence-electron chi connectivity index (χ1n) is 14.0. The van der Waals surface area contributed by atoms with Gasteiger partial charge in [-0.2, -0.15) is 4.98 Å². The van der Waals surface area contributed by atoms with Crippen LogP contribution in [0, 0.1) is 13.8 Å². The summed E-state index contributed by atoms with van der Waals surface area (Å²) >= 11 is 0. The molecule has 0 fully saturated rings. The van der Waals surface area contributed by atoms with Gasteiger partial charge in [0.05, 0.1) is 7.11 Å². The molecule has 0 aliphatic carbocycles. The third-order valence-corrected chi connectivity index (χ3v) is 6.77. The topological polar surface area (TPSA) is 88.6 Å². The van der Waals surface area contributed by atoms with Crippen LogP contribution in [0.15, 0.2) is 42.6 Å². The Labute approximate surface area is 233 Å². The van der Waals surface area contributed by atoms with E-state index in [1.807, 2.05) is 50.2 Å². The number of amides is 1. The van der Waals surface area contributed by atoms with Gasteiger partial charge >= 0.3 is 0 Å². The van der Waals surface area contributed by atoms with Crippen molar-refractivity contribution in [2.75, 3.05) is 43.9 Å². The Kier molecular flexibility index (Phi) is 11.6. The van der Waals surface area contributed by atoms with Crippen LogP contribution < -0.4 is 20.1 Å². The highest BCUT2D eigenvalue weighted by atomic mass is 16.5. The molecule has 1 amide bonds. The minimum absolute atomic E-state index is 0.168. The van der Waals surface area contributed by atoms with Crippen LogP contribution in [0.2, 0.25) is 0 Å². The van der Waals surface area contributed by atoms with E-state index in [-0.39, 0.29) is 17.4 Å². The summed E-state index contributed by atoms with van der Waals surface area (Å²) in [7, 11) is 1.61. The molecule has 0 saturated carbocycles. The van der Waals surface area contributed by atoms with Crippen LogP contribution in [0.25, 0.3) is 0 Å². The second kappa shape index (κ2) is 15.1. The normalized spacial score (nSPS) is 10.9. The van der Waals surface area contributed by atoms with Gasteiger partial charge in [-0.05, 0) is 81.6 Å². The van der Waals surface area contributed by atoms with Crippen molar-refractivity contribution in [2.24, 2.45) is 0 Å². The van der Waals surface area contributed by atoms with Crippen LogP contribution in [-0.2, 0) is 6.42 Å². The molecule has 39 heavy (non-hydrogen) atoms. The van der Waals surface area contributed by atoms with E-state index in [1.165, 1.54) is 6.20 Å². The molecule has 2 N–H and O–H groups in total. The number of nitrogens with zero attached hydrogens (tertiary/aromatic N) is 3. The number of carbonyl (C=O) groups is 1. The van der Waals surface area contributed by atoms with Gasteiger partial charge in [0.25, 0.3) is 5.91 Å². The van der Waals surface area contributed by atoms with Gasteiger partial charge in [0.2, 0.25) is 11.8 Å². The molecule has 210 valence electrons. The summed E-state index contributed by atoms with van der Waals surface area (Å²) < 4.78 is 11.8. The average Bonchev–Trinajstić information content (AvgIpc) is 2.93. The summed E-state index contributed by atoms with van der Waals surface area (Å²) in [5, 5.41) is 6.31. The van der Waals surface area contributed by atoms with Gasteiger partial charge in [0.15, 0.2) is 11.5 Å². The number of benzene rings is 2. The van der Waals surface area contributed by atoms with Crippen molar-refractivity contribution in [3.8, 4) is 17.4 Å². The van der Waals surface area contributed by atoms with E-state index in [9.17, 15) is 4.79 Å². The van der Waals surface area contributed by atoms with E-state index < -0.39 is 0 Å². The number of nitrogens with one attached hydrogen (secondary N) is 2. The minimum atomic E-state index is -0.338. The van der Waals surface area contributed by atoms with Gasteiger partial charge in [-0.1, -0.05) is 51.5 Å². The van der Waals surface area contributed by atoms with Gasteiger partial charge in [0, 0.05) is 18.4 Å². The zero-order valence-corrected chi connectivity index (χ0v) is 24.3. The summed E-state index contributed by atoms with van der Waals surface area (Å²) in [4.78, 5) is 24.9. The highest BCUT2D eigenvalue weighted by Crippen LogP contribution is 2.34. The van der Waals surface area contributed by atoms with Gasteiger partial charge in [-0.3, -0.25) is 4.79 Å². The predicted molar refractivity (Wildman–Crippen MR) is 158 cm³/mol. The Bertz CT molecular complexity index is 1210. The fraction of sp³-hybridized carbons (Fsp3) is 0.452.